The highest BCUT2D eigenvalue weighted by Crippen LogP contribution is 2.31. The molecule has 118 valence electrons. The minimum atomic E-state index is -0.444. The van der Waals surface area contributed by atoms with Crippen LogP contribution < -0.4 is 16.1 Å². The smallest absolute Gasteiger partial charge is 0.312 e. The van der Waals surface area contributed by atoms with Crippen LogP contribution in [0.2, 0.25) is 0 Å². The van der Waals surface area contributed by atoms with Gasteiger partial charge in [-0.15, -0.1) is 0 Å². The second-order valence-electron chi connectivity index (χ2n) is 5.90. The van der Waals surface area contributed by atoms with Gasteiger partial charge in [0.15, 0.2) is 11.2 Å². The number of imidazole rings is 1. The minimum Gasteiger partial charge on any atom is -0.312 e. The van der Waals surface area contributed by atoms with Crippen molar-refractivity contribution in [1.29, 1.82) is 0 Å². The molecule has 0 bridgehead atoms. The van der Waals surface area contributed by atoms with Crippen molar-refractivity contribution in [3.63, 3.8) is 0 Å². The van der Waals surface area contributed by atoms with Crippen LogP contribution in [0.5, 0.6) is 0 Å². The Hall–Kier alpha value is -2.83. The summed E-state index contributed by atoms with van der Waals surface area (Å²) < 4.78 is 3.29. The van der Waals surface area contributed by atoms with Crippen molar-refractivity contribution in [2.75, 3.05) is 11.4 Å². The van der Waals surface area contributed by atoms with E-state index in [2.05, 4.69) is 20.9 Å². The van der Waals surface area contributed by atoms with E-state index in [0.717, 1.165) is 25.2 Å². The number of rotatable bonds is 1. The van der Waals surface area contributed by atoms with Gasteiger partial charge in [-0.05, 0) is 31.0 Å². The number of hydrogen-bond acceptors (Lipinski definition) is 4. The van der Waals surface area contributed by atoms with E-state index in [4.69, 9.17) is 0 Å². The second-order valence-corrected chi connectivity index (χ2v) is 5.90. The van der Waals surface area contributed by atoms with Crippen LogP contribution in [0.15, 0.2) is 33.9 Å². The number of benzene rings is 1. The zero-order valence-electron chi connectivity index (χ0n) is 13.0. The molecule has 4 rings (SSSR count). The van der Waals surface area contributed by atoms with Crippen LogP contribution in [-0.4, -0.2) is 25.6 Å². The SMILES string of the molecule is Cc1cccc(N2CCCn3c2nc2c3c(=O)[nH]c(=O)n2C)c1. The van der Waals surface area contributed by atoms with E-state index in [1.54, 1.807) is 7.05 Å². The molecule has 23 heavy (non-hydrogen) atoms. The average molecular weight is 311 g/mol. The van der Waals surface area contributed by atoms with Gasteiger partial charge in [-0.3, -0.25) is 14.3 Å². The molecule has 0 aliphatic carbocycles. The van der Waals surface area contributed by atoms with Gasteiger partial charge in [-0.2, -0.15) is 4.98 Å². The van der Waals surface area contributed by atoms with Crippen molar-refractivity contribution < 1.29 is 0 Å². The third-order valence-corrected chi connectivity index (χ3v) is 4.31. The molecule has 0 saturated carbocycles. The first-order valence-corrected chi connectivity index (χ1v) is 7.60. The molecule has 0 spiro atoms. The lowest BCUT2D eigenvalue weighted by atomic mass is 10.2. The van der Waals surface area contributed by atoms with E-state index in [1.165, 1.54) is 10.1 Å². The normalized spacial score (nSPS) is 14.3. The molecule has 0 amide bonds. The summed E-state index contributed by atoms with van der Waals surface area (Å²) in [5.41, 5.74) is 2.27. The topological polar surface area (TPSA) is 75.9 Å². The Balaban J connectivity index is 2.01. The molecule has 0 radical (unpaired) electrons. The lowest BCUT2D eigenvalue weighted by molar-refractivity contribution is 0.602. The Morgan fingerprint density at radius 2 is 2.04 bits per heavy atom. The number of aryl methyl sites for hydroxylation is 3. The lowest BCUT2D eigenvalue weighted by Gasteiger charge is -2.29. The summed E-state index contributed by atoms with van der Waals surface area (Å²) in [5, 5.41) is 0. The molecule has 0 fully saturated rings. The number of hydrogen-bond donors (Lipinski definition) is 1. The van der Waals surface area contributed by atoms with Crippen LogP contribution in [0.25, 0.3) is 11.2 Å². The Morgan fingerprint density at radius 1 is 1.22 bits per heavy atom. The standard InChI is InChI=1S/C16H17N5O2/c1-10-5-3-6-11(9-10)20-7-4-8-21-12-13(17-15(20)21)19(2)16(23)18-14(12)22/h3,5-6,9H,4,7-8H2,1-2H3,(H,18,22,23). The summed E-state index contributed by atoms with van der Waals surface area (Å²) in [6.45, 7) is 3.60. The number of fused-ring (bicyclic) bond motifs is 3. The summed E-state index contributed by atoms with van der Waals surface area (Å²) in [6.07, 6.45) is 0.911. The Labute approximate surface area is 131 Å². The van der Waals surface area contributed by atoms with Gasteiger partial charge >= 0.3 is 5.69 Å². The predicted molar refractivity (Wildman–Crippen MR) is 88.4 cm³/mol. The van der Waals surface area contributed by atoms with Crippen molar-refractivity contribution in [3.8, 4) is 0 Å². The molecule has 1 aliphatic heterocycles. The van der Waals surface area contributed by atoms with Crippen LogP contribution in [-0.2, 0) is 13.6 Å². The van der Waals surface area contributed by atoms with Crippen LogP contribution in [0.4, 0.5) is 11.6 Å². The van der Waals surface area contributed by atoms with Crippen LogP contribution in [0.1, 0.15) is 12.0 Å². The largest absolute Gasteiger partial charge is 0.329 e. The monoisotopic (exact) mass is 311 g/mol. The first kappa shape index (κ1) is 13.8. The van der Waals surface area contributed by atoms with Crippen LogP contribution in [0, 0.1) is 6.92 Å². The zero-order chi connectivity index (χ0) is 16.1. The van der Waals surface area contributed by atoms with Crippen molar-refractivity contribution in [1.82, 2.24) is 19.1 Å². The van der Waals surface area contributed by atoms with Gasteiger partial charge in [0.2, 0.25) is 5.95 Å². The quantitative estimate of drug-likeness (QED) is 0.734. The molecule has 2 aromatic heterocycles. The molecule has 1 N–H and O–H groups in total. The Kier molecular flexibility index (Phi) is 2.90. The zero-order valence-corrected chi connectivity index (χ0v) is 13.0. The van der Waals surface area contributed by atoms with Crippen molar-refractivity contribution >= 4 is 22.8 Å². The maximum Gasteiger partial charge on any atom is 0.329 e. The average Bonchev–Trinajstić information content (AvgIpc) is 2.92. The van der Waals surface area contributed by atoms with E-state index in [0.29, 0.717) is 17.1 Å². The number of anilines is 2. The van der Waals surface area contributed by atoms with Gasteiger partial charge in [0.05, 0.1) is 0 Å². The molecule has 1 aliphatic rings. The number of nitrogens with one attached hydrogen (secondary N) is 1. The maximum absolute atomic E-state index is 12.2. The fourth-order valence-corrected chi connectivity index (χ4v) is 3.17. The molecule has 0 unspecified atom stereocenters. The van der Waals surface area contributed by atoms with E-state index >= 15 is 0 Å². The molecule has 1 aromatic carbocycles. The molecule has 7 nitrogen and oxygen atoms in total. The fraction of sp³-hybridized carbons (Fsp3) is 0.312. The molecule has 3 heterocycles. The summed E-state index contributed by atoms with van der Waals surface area (Å²) in [4.78, 5) is 33.1. The van der Waals surface area contributed by atoms with E-state index in [9.17, 15) is 9.59 Å². The molecular formula is C16H17N5O2. The fourth-order valence-electron chi connectivity index (χ4n) is 3.17. The van der Waals surface area contributed by atoms with Crippen molar-refractivity contribution in [2.24, 2.45) is 7.05 Å². The van der Waals surface area contributed by atoms with Crippen LogP contribution >= 0.6 is 0 Å². The maximum atomic E-state index is 12.2. The number of aromatic nitrogens is 4. The van der Waals surface area contributed by atoms with Crippen LogP contribution in [0.3, 0.4) is 0 Å². The highest BCUT2D eigenvalue weighted by molar-refractivity contribution is 5.76. The lowest BCUT2D eigenvalue weighted by Crippen LogP contribution is -2.31. The van der Waals surface area contributed by atoms with Gasteiger partial charge in [0.1, 0.15) is 0 Å². The minimum absolute atomic E-state index is 0.382. The first-order valence-electron chi connectivity index (χ1n) is 7.60. The van der Waals surface area contributed by atoms with E-state index < -0.39 is 5.69 Å². The Morgan fingerprint density at radius 3 is 2.83 bits per heavy atom. The van der Waals surface area contributed by atoms with Crippen molar-refractivity contribution in [2.45, 2.75) is 19.9 Å². The molecule has 7 heteroatoms. The number of H-pyrrole nitrogens is 1. The Bertz CT molecular complexity index is 1030. The summed E-state index contributed by atoms with van der Waals surface area (Å²) >= 11 is 0. The van der Waals surface area contributed by atoms with Gasteiger partial charge < -0.3 is 9.47 Å². The highest BCUT2D eigenvalue weighted by Gasteiger charge is 2.25. The van der Waals surface area contributed by atoms with Gasteiger partial charge in [-0.25, -0.2) is 4.79 Å². The summed E-state index contributed by atoms with van der Waals surface area (Å²) in [5.74, 6) is 0.712. The first-order chi connectivity index (χ1) is 11.1. The van der Waals surface area contributed by atoms with E-state index in [-0.39, 0.29) is 5.56 Å². The summed E-state index contributed by atoms with van der Waals surface area (Å²) in [6, 6.07) is 8.18. The predicted octanol–water partition coefficient (Wildman–Crippen LogP) is 1.27. The van der Waals surface area contributed by atoms with Gasteiger partial charge in [0.25, 0.3) is 5.56 Å². The third-order valence-electron chi connectivity index (χ3n) is 4.31. The molecule has 0 atom stereocenters. The molecular weight excluding hydrogens is 294 g/mol. The number of nitrogens with zero attached hydrogens (tertiary/aromatic N) is 4. The molecule has 0 saturated heterocycles. The van der Waals surface area contributed by atoms with E-state index in [1.807, 2.05) is 29.7 Å². The third kappa shape index (κ3) is 2.00. The number of aromatic amines is 1. The molecule has 3 aromatic rings. The van der Waals surface area contributed by atoms with Gasteiger partial charge in [0, 0.05) is 25.8 Å². The summed E-state index contributed by atoms with van der Waals surface area (Å²) in [7, 11) is 1.62. The van der Waals surface area contributed by atoms with Gasteiger partial charge in [-0.1, -0.05) is 12.1 Å². The second kappa shape index (κ2) is 4.84. The van der Waals surface area contributed by atoms with Crippen molar-refractivity contribution in [3.05, 3.63) is 50.7 Å². The highest BCUT2D eigenvalue weighted by atomic mass is 16.2.